The lowest BCUT2D eigenvalue weighted by molar-refractivity contribution is 0.102. The molecule has 1 N–H and O–H groups in total. The molecular formula is C22H22N6O5S2. The Bertz CT molecular complexity index is 1420. The van der Waals surface area contributed by atoms with Crippen molar-refractivity contribution in [1.82, 2.24) is 24.6 Å². The second-order valence-corrected chi connectivity index (χ2v) is 10.6. The van der Waals surface area contributed by atoms with Gasteiger partial charge >= 0.3 is 0 Å². The average molecular weight is 515 g/mol. The molecular weight excluding hydrogens is 492 g/mol. The van der Waals surface area contributed by atoms with E-state index in [9.17, 15) is 13.2 Å². The van der Waals surface area contributed by atoms with E-state index in [0.717, 1.165) is 27.0 Å². The Morgan fingerprint density at radius 1 is 1.11 bits per heavy atom. The second-order valence-electron chi connectivity index (χ2n) is 7.42. The molecule has 0 aliphatic rings. The van der Waals surface area contributed by atoms with Gasteiger partial charge in [0.15, 0.2) is 0 Å². The largest absolute Gasteiger partial charge is 0.494 e. The van der Waals surface area contributed by atoms with Crippen LogP contribution in [0.5, 0.6) is 5.75 Å². The summed E-state index contributed by atoms with van der Waals surface area (Å²) in [5.74, 6) is 0.742. The van der Waals surface area contributed by atoms with Crippen molar-refractivity contribution in [3.05, 3.63) is 65.5 Å². The van der Waals surface area contributed by atoms with E-state index in [4.69, 9.17) is 9.26 Å². The third kappa shape index (κ3) is 5.70. The Hall–Kier alpha value is -3.68. The Balaban J connectivity index is 1.42. The molecule has 0 spiro atoms. The van der Waals surface area contributed by atoms with Crippen LogP contribution in [0.4, 0.5) is 5.13 Å². The van der Waals surface area contributed by atoms with Crippen molar-refractivity contribution in [2.45, 2.75) is 24.7 Å². The number of ether oxygens (including phenoxy) is 1. The molecule has 0 bridgehead atoms. The maximum Gasteiger partial charge on any atom is 0.272 e. The van der Waals surface area contributed by atoms with Gasteiger partial charge in [0.2, 0.25) is 21.2 Å². The van der Waals surface area contributed by atoms with Gasteiger partial charge in [-0.3, -0.25) is 10.1 Å². The number of hydrogen-bond acceptors (Lipinski definition) is 10. The second kappa shape index (κ2) is 10.3. The van der Waals surface area contributed by atoms with Gasteiger partial charge < -0.3 is 9.26 Å². The monoisotopic (exact) mass is 514 g/mol. The minimum atomic E-state index is -4.01. The highest BCUT2D eigenvalue weighted by molar-refractivity contribution is 7.91. The van der Waals surface area contributed by atoms with Gasteiger partial charge in [-0.15, -0.1) is 10.2 Å². The van der Waals surface area contributed by atoms with E-state index in [1.54, 1.807) is 48.5 Å². The molecule has 1 amide bonds. The number of anilines is 1. The Kier molecular flexibility index (Phi) is 7.19. The van der Waals surface area contributed by atoms with Gasteiger partial charge in [0, 0.05) is 18.2 Å². The number of nitrogens with zero attached hydrogens (tertiary/aromatic N) is 5. The normalized spacial score (nSPS) is 11.5. The molecule has 4 rings (SSSR count). The number of aromatic nitrogens is 4. The van der Waals surface area contributed by atoms with E-state index in [1.165, 1.54) is 7.05 Å². The first-order valence-corrected chi connectivity index (χ1v) is 12.8. The van der Waals surface area contributed by atoms with Gasteiger partial charge in [-0.2, -0.15) is 9.29 Å². The molecule has 182 valence electrons. The lowest BCUT2D eigenvalue weighted by Gasteiger charge is -2.11. The van der Waals surface area contributed by atoms with E-state index in [-0.39, 0.29) is 21.9 Å². The minimum Gasteiger partial charge on any atom is -0.494 e. The van der Waals surface area contributed by atoms with Gasteiger partial charge in [0.25, 0.3) is 15.9 Å². The number of carbonyl (C=O) groups excluding carboxylic acids is 1. The summed E-state index contributed by atoms with van der Waals surface area (Å²) in [5.41, 5.74) is 2.14. The highest BCUT2D eigenvalue weighted by Crippen LogP contribution is 2.25. The van der Waals surface area contributed by atoms with Crippen molar-refractivity contribution >= 4 is 32.4 Å². The van der Waals surface area contributed by atoms with Crippen LogP contribution in [0.25, 0.3) is 11.4 Å². The molecule has 2 aromatic heterocycles. The summed E-state index contributed by atoms with van der Waals surface area (Å²) in [6.45, 7) is 4.20. The number of carbonyl (C=O) groups is 1. The number of amides is 1. The molecule has 0 aliphatic heterocycles. The van der Waals surface area contributed by atoms with Crippen molar-refractivity contribution in [3.8, 4) is 17.1 Å². The number of rotatable bonds is 9. The van der Waals surface area contributed by atoms with Crippen molar-refractivity contribution in [2.75, 3.05) is 19.0 Å². The van der Waals surface area contributed by atoms with E-state index in [1.807, 2.05) is 13.8 Å². The van der Waals surface area contributed by atoms with E-state index in [0.29, 0.717) is 23.6 Å². The standard InChI is InChI=1S/C22H22N6O5S2/c1-4-32-17-11-9-15(10-12-17)19-23-18(33-27-19)13-28(3)35(30,31)22-26-25-21(34-22)24-20(29)16-7-5-14(2)6-8-16/h5-12H,4,13H2,1-3H3,(H,24,25,29). The molecule has 0 atom stereocenters. The third-order valence-electron chi connectivity index (χ3n) is 4.82. The number of benzene rings is 2. The van der Waals surface area contributed by atoms with Crippen molar-refractivity contribution < 1.29 is 22.5 Å². The van der Waals surface area contributed by atoms with E-state index >= 15 is 0 Å². The topological polar surface area (TPSA) is 140 Å². The Morgan fingerprint density at radius 2 is 1.83 bits per heavy atom. The summed E-state index contributed by atoms with van der Waals surface area (Å²) in [4.78, 5) is 16.6. The first kappa shape index (κ1) is 24.4. The van der Waals surface area contributed by atoms with Crippen LogP contribution in [0.3, 0.4) is 0 Å². The van der Waals surface area contributed by atoms with Crippen LogP contribution in [-0.4, -0.2) is 52.6 Å². The predicted octanol–water partition coefficient (Wildman–Crippen LogP) is 3.37. The summed E-state index contributed by atoms with van der Waals surface area (Å²) in [5, 5.41) is 14.1. The van der Waals surface area contributed by atoms with Crippen LogP contribution in [0.15, 0.2) is 57.4 Å². The highest BCUT2D eigenvalue weighted by Gasteiger charge is 2.28. The lowest BCUT2D eigenvalue weighted by atomic mass is 10.1. The molecule has 11 nitrogen and oxygen atoms in total. The quantitative estimate of drug-likeness (QED) is 0.333. The summed E-state index contributed by atoms with van der Waals surface area (Å²) in [6, 6.07) is 14.1. The predicted molar refractivity (Wildman–Crippen MR) is 129 cm³/mol. The molecule has 0 saturated carbocycles. The zero-order chi connectivity index (χ0) is 25.0. The molecule has 0 saturated heterocycles. The van der Waals surface area contributed by atoms with Crippen LogP contribution < -0.4 is 10.1 Å². The zero-order valence-electron chi connectivity index (χ0n) is 19.1. The third-order valence-corrected chi connectivity index (χ3v) is 7.81. The van der Waals surface area contributed by atoms with Gasteiger partial charge in [-0.05, 0) is 50.2 Å². The Labute approximate surface area is 205 Å². The molecule has 2 aromatic carbocycles. The van der Waals surface area contributed by atoms with Crippen LogP contribution in [0.1, 0.15) is 28.7 Å². The molecule has 13 heteroatoms. The fourth-order valence-corrected chi connectivity index (χ4v) is 5.15. The average Bonchev–Trinajstić information content (AvgIpc) is 3.50. The molecule has 0 fully saturated rings. The van der Waals surface area contributed by atoms with Crippen molar-refractivity contribution in [3.63, 3.8) is 0 Å². The van der Waals surface area contributed by atoms with Crippen molar-refractivity contribution in [1.29, 1.82) is 0 Å². The van der Waals surface area contributed by atoms with Crippen LogP contribution in [0, 0.1) is 6.92 Å². The van der Waals surface area contributed by atoms with Gasteiger partial charge in [-0.1, -0.05) is 34.2 Å². The fourth-order valence-electron chi connectivity index (χ4n) is 2.95. The first-order valence-electron chi connectivity index (χ1n) is 10.5. The van der Waals surface area contributed by atoms with Crippen LogP contribution in [-0.2, 0) is 16.6 Å². The van der Waals surface area contributed by atoms with Gasteiger partial charge in [0.05, 0.1) is 13.2 Å². The lowest BCUT2D eigenvalue weighted by Crippen LogP contribution is -2.26. The molecule has 4 aromatic rings. The SMILES string of the molecule is CCOc1ccc(-c2noc(CN(C)S(=O)(=O)c3nnc(NC(=O)c4ccc(C)cc4)s3)n2)cc1. The van der Waals surface area contributed by atoms with E-state index < -0.39 is 15.9 Å². The molecule has 0 aliphatic carbocycles. The summed E-state index contributed by atoms with van der Waals surface area (Å²) in [7, 11) is -2.64. The summed E-state index contributed by atoms with van der Waals surface area (Å²) >= 11 is 0.750. The number of aryl methyl sites for hydroxylation is 1. The first-order chi connectivity index (χ1) is 16.8. The molecule has 35 heavy (non-hydrogen) atoms. The van der Waals surface area contributed by atoms with Gasteiger partial charge in [-0.25, -0.2) is 8.42 Å². The molecule has 0 radical (unpaired) electrons. The number of nitrogens with one attached hydrogen (secondary N) is 1. The molecule has 2 heterocycles. The maximum absolute atomic E-state index is 12.9. The minimum absolute atomic E-state index is 0.0677. The van der Waals surface area contributed by atoms with Crippen molar-refractivity contribution in [2.24, 2.45) is 0 Å². The summed E-state index contributed by atoms with van der Waals surface area (Å²) in [6.07, 6.45) is 0. The summed E-state index contributed by atoms with van der Waals surface area (Å²) < 4.78 is 37.3. The fraction of sp³-hybridized carbons (Fsp3) is 0.227. The Morgan fingerprint density at radius 3 is 2.51 bits per heavy atom. The van der Waals surface area contributed by atoms with Crippen LogP contribution >= 0.6 is 11.3 Å². The molecule has 0 unspecified atom stereocenters. The number of sulfonamides is 1. The maximum atomic E-state index is 12.9. The van der Waals surface area contributed by atoms with E-state index in [2.05, 4.69) is 25.7 Å². The van der Waals surface area contributed by atoms with Crippen LogP contribution in [0.2, 0.25) is 0 Å². The number of hydrogen-bond donors (Lipinski definition) is 1. The van der Waals surface area contributed by atoms with Gasteiger partial charge in [0.1, 0.15) is 5.75 Å². The highest BCUT2D eigenvalue weighted by atomic mass is 32.2. The smallest absolute Gasteiger partial charge is 0.272 e. The zero-order valence-corrected chi connectivity index (χ0v) is 20.8.